The van der Waals surface area contributed by atoms with E-state index in [1.807, 2.05) is 61.5 Å². The zero-order valence-corrected chi connectivity index (χ0v) is 21.2. The summed E-state index contributed by atoms with van der Waals surface area (Å²) in [6.45, 7) is 4.85. The van der Waals surface area contributed by atoms with Crippen LogP contribution in [-0.4, -0.2) is 11.1 Å². The van der Waals surface area contributed by atoms with E-state index < -0.39 is 17.6 Å². The van der Waals surface area contributed by atoms with Gasteiger partial charge in [0.25, 0.3) is 0 Å². The summed E-state index contributed by atoms with van der Waals surface area (Å²) in [7, 11) is 0. The van der Waals surface area contributed by atoms with Crippen molar-refractivity contribution in [3.63, 3.8) is 0 Å². The normalized spacial score (nSPS) is 10.9. The summed E-state index contributed by atoms with van der Waals surface area (Å²) < 4.78 is 28.1. The Bertz CT molecular complexity index is 1380. The number of carboxylic acids is 1. The fraction of sp³-hybridized carbons (Fsp3) is 0.219. The number of hydrogen-bond donors (Lipinski definition) is 1. The number of anilines is 1. The maximum absolute atomic E-state index is 14.0. The molecule has 0 amide bonds. The Morgan fingerprint density at radius 3 is 2.19 bits per heavy atom. The predicted molar refractivity (Wildman–Crippen MR) is 145 cm³/mol. The van der Waals surface area contributed by atoms with Crippen molar-refractivity contribution in [2.75, 3.05) is 4.90 Å². The van der Waals surface area contributed by atoms with Gasteiger partial charge in [-0.05, 0) is 83.5 Å². The molecule has 4 rings (SSSR count). The second-order valence-electron chi connectivity index (χ2n) is 9.37. The highest BCUT2D eigenvalue weighted by atomic mass is 19.1. The van der Waals surface area contributed by atoms with Gasteiger partial charge in [-0.2, -0.15) is 0 Å². The van der Waals surface area contributed by atoms with Gasteiger partial charge in [-0.15, -0.1) is 0 Å². The van der Waals surface area contributed by atoms with Crippen LogP contribution in [-0.2, 0) is 19.5 Å². The topological polar surface area (TPSA) is 40.5 Å². The van der Waals surface area contributed by atoms with Crippen LogP contribution in [0.25, 0.3) is 11.1 Å². The summed E-state index contributed by atoms with van der Waals surface area (Å²) in [5.74, 6) is -2.20. The van der Waals surface area contributed by atoms with Crippen molar-refractivity contribution in [2.24, 2.45) is 0 Å². The van der Waals surface area contributed by atoms with E-state index >= 15 is 0 Å². The van der Waals surface area contributed by atoms with Crippen molar-refractivity contribution in [3.05, 3.63) is 124 Å². The van der Waals surface area contributed by atoms with Gasteiger partial charge in [-0.1, -0.05) is 61.9 Å². The van der Waals surface area contributed by atoms with Gasteiger partial charge < -0.3 is 10.0 Å². The molecule has 0 bridgehead atoms. The molecule has 0 heterocycles. The number of aromatic carboxylic acids is 1. The summed E-state index contributed by atoms with van der Waals surface area (Å²) >= 11 is 0. The number of carboxylic acid groups (broad SMARTS) is 1. The quantitative estimate of drug-likeness (QED) is 0.239. The van der Waals surface area contributed by atoms with E-state index in [4.69, 9.17) is 0 Å². The van der Waals surface area contributed by atoms with Crippen LogP contribution in [0.5, 0.6) is 0 Å². The van der Waals surface area contributed by atoms with E-state index in [1.54, 1.807) is 6.07 Å². The summed E-state index contributed by atoms with van der Waals surface area (Å²) in [6.07, 6.45) is 2.98. The lowest BCUT2D eigenvalue weighted by Gasteiger charge is -2.28. The largest absolute Gasteiger partial charge is 0.478 e. The van der Waals surface area contributed by atoms with E-state index in [0.29, 0.717) is 24.2 Å². The number of halogens is 2. The van der Waals surface area contributed by atoms with Crippen LogP contribution >= 0.6 is 0 Å². The van der Waals surface area contributed by atoms with Gasteiger partial charge in [0.05, 0.1) is 5.56 Å². The minimum absolute atomic E-state index is 0.236. The van der Waals surface area contributed by atoms with E-state index in [-0.39, 0.29) is 5.56 Å². The Kier molecular flexibility index (Phi) is 8.34. The fourth-order valence-corrected chi connectivity index (χ4v) is 4.74. The highest BCUT2D eigenvalue weighted by Gasteiger charge is 2.18. The molecule has 0 radical (unpaired) electrons. The minimum Gasteiger partial charge on any atom is -0.478 e. The van der Waals surface area contributed by atoms with Gasteiger partial charge in [0.15, 0.2) is 0 Å². The molecule has 0 spiro atoms. The van der Waals surface area contributed by atoms with Crippen molar-refractivity contribution in [1.82, 2.24) is 0 Å². The molecule has 0 fully saturated rings. The first-order chi connectivity index (χ1) is 17.9. The second-order valence-corrected chi connectivity index (χ2v) is 9.37. The molecule has 0 saturated heterocycles. The predicted octanol–water partition coefficient (Wildman–Crippen LogP) is 8.19. The molecule has 0 aromatic heterocycles. The van der Waals surface area contributed by atoms with Gasteiger partial charge in [0, 0.05) is 24.8 Å². The van der Waals surface area contributed by atoms with E-state index in [1.165, 1.54) is 17.7 Å². The number of para-hydroxylation sites is 1. The Labute approximate surface area is 217 Å². The highest BCUT2D eigenvalue weighted by molar-refractivity contribution is 5.96. The monoisotopic (exact) mass is 499 g/mol. The molecule has 37 heavy (non-hydrogen) atoms. The molecule has 0 atom stereocenters. The van der Waals surface area contributed by atoms with Crippen LogP contribution in [0.2, 0.25) is 0 Å². The van der Waals surface area contributed by atoms with Gasteiger partial charge >= 0.3 is 5.97 Å². The highest BCUT2D eigenvalue weighted by Crippen LogP contribution is 2.31. The SMILES string of the molecule is CCCCc1ccccc1N(Cc1cc(F)cc(F)c1)Cc1ccc(C(=O)O)c(-c2ccccc2C)c1. The molecule has 4 aromatic rings. The Morgan fingerprint density at radius 1 is 0.811 bits per heavy atom. The minimum atomic E-state index is -0.984. The van der Waals surface area contributed by atoms with E-state index in [0.717, 1.165) is 47.7 Å². The molecule has 1 N–H and O–H groups in total. The Morgan fingerprint density at radius 2 is 1.49 bits per heavy atom. The standard InChI is InChI=1S/C32H31F2NO2/c1-3-4-10-25-11-6-8-13-31(25)35(21-24-16-26(33)19-27(34)17-24)20-23-14-15-29(32(36)37)30(18-23)28-12-7-5-9-22(28)2/h5-9,11-19H,3-4,10,20-21H2,1-2H3,(H,36,37). The van der Waals surface area contributed by atoms with Crippen LogP contribution in [0.3, 0.4) is 0 Å². The van der Waals surface area contributed by atoms with Crippen molar-refractivity contribution in [3.8, 4) is 11.1 Å². The number of unbranched alkanes of at least 4 members (excludes halogenated alkanes) is 1. The smallest absolute Gasteiger partial charge is 0.336 e. The Balaban J connectivity index is 1.78. The van der Waals surface area contributed by atoms with Crippen molar-refractivity contribution < 1.29 is 18.7 Å². The number of aryl methyl sites for hydroxylation is 2. The van der Waals surface area contributed by atoms with Crippen LogP contribution in [0.1, 0.15) is 52.4 Å². The first-order valence-corrected chi connectivity index (χ1v) is 12.6. The first-order valence-electron chi connectivity index (χ1n) is 12.6. The van der Waals surface area contributed by atoms with Gasteiger partial charge in [0.1, 0.15) is 11.6 Å². The number of hydrogen-bond acceptors (Lipinski definition) is 2. The molecule has 0 aliphatic carbocycles. The molecular weight excluding hydrogens is 468 g/mol. The van der Waals surface area contributed by atoms with Gasteiger partial charge in [-0.25, -0.2) is 13.6 Å². The molecular formula is C32H31F2NO2. The first kappa shape index (κ1) is 26.1. The number of rotatable bonds is 10. The molecule has 0 saturated carbocycles. The fourth-order valence-electron chi connectivity index (χ4n) is 4.74. The van der Waals surface area contributed by atoms with Crippen LogP contribution < -0.4 is 4.90 Å². The molecule has 190 valence electrons. The lowest BCUT2D eigenvalue weighted by molar-refractivity contribution is 0.0697. The maximum Gasteiger partial charge on any atom is 0.336 e. The van der Waals surface area contributed by atoms with Crippen molar-refractivity contribution in [1.29, 1.82) is 0 Å². The summed E-state index contributed by atoms with van der Waals surface area (Å²) in [4.78, 5) is 14.1. The van der Waals surface area contributed by atoms with Gasteiger partial charge in [0.2, 0.25) is 0 Å². The summed E-state index contributed by atoms with van der Waals surface area (Å²) in [6, 6.07) is 24.8. The molecule has 5 heteroatoms. The van der Waals surface area contributed by atoms with Crippen molar-refractivity contribution in [2.45, 2.75) is 46.2 Å². The van der Waals surface area contributed by atoms with Crippen LogP contribution in [0.4, 0.5) is 14.5 Å². The number of nitrogens with zero attached hydrogens (tertiary/aromatic N) is 1. The molecule has 0 aliphatic rings. The number of carbonyl (C=O) groups is 1. The maximum atomic E-state index is 14.0. The van der Waals surface area contributed by atoms with Gasteiger partial charge in [-0.3, -0.25) is 0 Å². The zero-order valence-electron chi connectivity index (χ0n) is 21.2. The molecule has 4 aromatic carbocycles. The average molecular weight is 500 g/mol. The zero-order chi connectivity index (χ0) is 26.4. The third-order valence-electron chi connectivity index (χ3n) is 6.55. The summed E-state index contributed by atoms with van der Waals surface area (Å²) in [5, 5.41) is 9.85. The van der Waals surface area contributed by atoms with E-state index in [2.05, 4.69) is 17.9 Å². The third kappa shape index (κ3) is 6.42. The molecule has 0 unspecified atom stereocenters. The third-order valence-corrected chi connectivity index (χ3v) is 6.55. The van der Waals surface area contributed by atoms with E-state index in [9.17, 15) is 18.7 Å². The Hall–Kier alpha value is -3.99. The van der Waals surface area contributed by atoms with Crippen LogP contribution in [0, 0.1) is 18.6 Å². The lowest BCUT2D eigenvalue weighted by Crippen LogP contribution is -2.24. The average Bonchev–Trinajstić information content (AvgIpc) is 2.87. The number of benzene rings is 4. The summed E-state index contributed by atoms with van der Waals surface area (Å²) in [5.41, 5.74) is 6.35. The molecule has 0 aliphatic heterocycles. The molecule has 3 nitrogen and oxygen atoms in total. The van der Waals surface area contributed by atoms with Crippen LogP contribution in [0.15, 0.2) is 84.9 Å². The van der Waals surface area contributed by atoms with Crippen molar-refractivity contribution >= 4 is 11.7 Å². The second kappa shape index (κ2) is 11.8. The lowest BCUT2D eigenvalue weighted by atomic mass is 9.94.